The molecule has 4 rings (SSSR count). The molecule has 1 unspecified atom stereocenters. The minimum absolute atomic E-state index is 0.421. The number of hydrogen-bond donors (Lipinski definition) is 0. The Labute approximate surface area is 110 Å². The zero-order chi connectivity index (χ0) is 13.0. The second-order valence-corrected chi connectivity index (χ2v) is 4.85. The van der Waals surface area contributed by atoms with Crippen molar-refractivity contribution in [2.45, 2.75) is 5.41 Å². The highest BCUT2D eigenvalue weighted by Gasteiger charge is 2.50. The van der Waals surface area contributed by atoms with Crippen molar-refractivity contribution in [3.05, 3.63) is 76.5 Å². The predicted molar refractivity (Wildman–Crippen MR) is 73.6 cm³/mol. The van der Waals surface area contributed by atoms with Crippen LogP contribution >= 0.6 is 0 Å². The summed E-state index contributed by atoms with van der Waals surface area (Å²) in [4.78, 5) is 12.5. The zero-order valence-electron chi connectivity index (χ0n) is 10.0. The van der Waals surface area contributed by atoms with Crippen LogP contribution in [0, 0.1) is 5.21 Å². The maximum Gasteiger partial charge on any atom is 0.235 e. The normalized spacial score (nSPS) is 23.0. The van der Waals surface area contributed by atoms with E-state index in [1.807, 2.05) is 48.6 Å². The summed E-state index contributed by atoms with van der Waals surface area (Å²) in [6.07, 6.45) is 3.76. The number of para-hydroxylation sites is 1. The van der Waals surface area contributed by atoms with Crippen molar-refractivity contribution in [1.82, 2.24) is 0 Å². The number of carbonyl (C=O) groups excluding carboxylic acids is 1. The number of fused-ring (bicyclic) bond motifs is 4. The standard InChI is InChI=1S/C16H10NO2/c18-15-16(10-9-11-5-1-2-6-12(11)16)13-7-3-4-8-14(13)17(15)19/h1-10H/q-1. The molecule has 1 amide bonds. The van der Waals surface area contributed by atoms with Gasteiger partial charge in [0, 0.05) is 5.69 Å². The Hall–Kier alpha value is -2.39. The molecule has 1 atom stereocenters. The molecule has 2 aromatic rings. The third-order valence-electron chi connectivity index (χ3n) is 3.97. The highest BCUT2D eigenvalue weighted by atomic mass is 16.5. The number of amides is 1. The van der Waals surface area contributed by atoms with E-state index in [4.69, 9.17) is 0 Å². The first-order valence-electron chi connectivity index (χ1n) is 6.15. The van der Waals surface area contributed by atoms with E-state index >= 15 is 0 Å². The Balaban J connectivity index is 2.09. The van der Waals surface area contributed by atoms with Crippen molar-refractivity contribution < 1.29 is 4.79 Å². The van der Waals surface area contributed by atoms with Gasteiger partial charge in [0.05, 0.1) is 0 Å². The van der Waals surface area contributed by atoms with E-state index in [1.54, 1.807) is 12.1 Å². The molecule has 0 saturated carbocycles. The first kappa shape index (κ1) is 10.5. The Morgan fingerprint density at radius 3 is 2.47 bits per heavy atom. The van der Waals surface area contributed by atoms with Crippen molar-refractivity contribution in [1.29, 1.82) is 0 Å². The second-order valence-electron chi connectivity index (χ2n) is 4.85. The second kappa shape index (κ2) is 3.33. The van der Waals surface area contributed by atoms with E-state index < -0.39 is 11.3 Å². The summed E-state index contributed by atoms with van der Waals surface area (Å²) in [5.74, 6) is -0.421. The number of carbonyl (C=O) groups is 1. The lowest BCUT2D eigenvalue weighted by atomic mass is 9.77. The quantitative estimate of drug-likeness (QED) is 0.719. The average molecular weight is 248 g/mol. The fourth-order valence-electron chi connectivity index (χ4n) is 3.10. The van der Waals surface area contributed by atoms with Crippen LogP contribution in [-0.4, -0.2) is 5.91 Å². The van der Waals surface area contributed by atoms with Crippen molar-refractivity contribution >= 4 is 17.7 Å². The molecule has 1 spiro atoms. The van der Waals surface area contributed by atoms with E-state index in [0.717, 1.165) is 16.7 Å². The number of hydrogen-bond acceptors (Lipinski definition) is 2. The minimum atomic E-state index is -0.922. The van der Waals surface area contributed by atoms with Crippen LogP contribution in [0.15, 0.2) is 54.6 Å². The highest BCUT2D eigenvalue weighted by molar-refractivity contribution is 6.14. The summed E-state index contributed by atoms with van der Waals surface area (Å²) >= 11 is 0. The van der Waals surface area contributed by atoms with Gasteiger partial charge in [0.25, 0.3) is 0 Å². The Morgan fingerprint density at radius 1 is 0.947 bits per heavy atom. The highest BCUT2D eigenvalue weighted by Crippen LogP contribution is 2.50. The van der Waals surface area contributed by atoms with E-state index in [2.05, 4.69) is 0 Å². The number of rotatable bonds is 0. The molecule has 0 radical (unpaired) electrons. The SMILES string of the molecule is O=C1N([O-])c2ccccc2C12C=Cc1ccccc12. The molecule has 0 bridgehead atoms. The topological polar surface area (TPSA) is 43.4 Å². The van der Waals surface area contributed by atoms with E-state index in [-0.39, 0.29) is 0 Å². The lowest BCUT2D eigenvalue weighted by Crippen LogP contribution is -2.36. The number of nitrogens with zero attached hydrogens (tertiary/aromatic N) is 1. The van der Waals surface area contributed by atoms with Crippen molar-refractivity contribution in [2.24, 2.45) is 0 Å². The van der Waals surface area contributed by atoms with Gasteiger partial charge in [-0.05, 0) is 22.8 Å². The van der Waals surface area contributed by atoms with Crippen LogP contribution in [0.25, 0.3) is 6.08 Å². The molecule has 3 heteroatoms. The Kier molecular flexibility index (Phi) is 1.85. The maximum absolute atomic E-state index is 12.5. The first-order valence-corrected chi connectivity index (χ1v) is 6.15. The summed E-state index contributed by atoms with van der Waals surface area (Å²) < 4.78 is 0. The van der Waals surface area contributed by atoms with Crippen LogP contribution in [0.3, 0.4) is 0 Å². The summed E-state index contributed by atoms with van der Waals surface area (Å²) in [5, 5.41) is 12.6. The number of anilines is 1. The van der Waals surface area contributed by atoms with Gasteiger partial charge in [-0.25, -0.2) is 0 Å². The van der Waals surface area contributed by atoms with E-state index in [9.17, 15) is 10.0 Å². The van der Waals surface area contributed by atoms with Crippen LogP contribution in [0.4, 0.5) is 5.69 Å². The van der Waals surface area contributed by atoms with Gasteiger partial charge in [-0.2, -0.15) is 0 Å². The summed E-state index contributed by atoms with van der Waals surface area (Å²) in [6.45, 7) is 0. The van der Waals surface area contributed by atoms with Gasteiger partial charge in [-0.1, -0.05) is 54.6 Å². The lowest BCUT2D eigenvalue weighted by Gasteiger charge is -2.27. The van der Waals surface area contributed by atoms with Crippen molar-refractivity contribution in [2.75, 3.05) is 5.06 Å². The van der Waals surface area contributed by atoms with Crippen LogP contribution in [0.5, 0.6) is 0 Å². The van der Waals surface area contributed by atoms with Crippen LogP contribution < -0.4 is 5.06 Å². The zero-order valence-corrected chi connectivity index (χ0v) is 10.0. The van der Waals surface area contributed by atoms with Crippen LogP contribution in [-0.2, 0) is 10.2 Å². The molecule has 92 valence electrons. The van der Waals surface area contributed by atoms with Gasteiger partial charge in [-0.15, -0.1) is 0 Å². The van der Waals surface area contributed by atoms with Gasteiger partial charge in [-0.3, -0.25) is 4.79 Å². The summed E-state index contributed by atoms with van der Waals surface area (Å²) in [5.41, 5.74) is 2.20. The fraction of sp³-hybridized carbons (Fsp3) is 0.0625. The molecule has 0 aromatic heterocycles. The number of hydroxylamine groups is 1. The van der Waals surface area contributed by atoms with Crippen LogP contribution in [0.2, 0.25) is 0 Å². The molecular formula is C16H10NO2-. The smallest absolute Gasteiger partial charge is 0.235 e. The monoisotopic (exact) mass is 248 g/mol. The number of benzene rings is 2. The molecule has 0 fully saturated rings. The molecule has 0 N–H and O–H groups in total. The Morgan fingerprint density at radius 2 is 1.63 bits per heavy atom. The molecule has 2 aliphatic rings. The molecule has 1 aliphatic heterocycles. The van der Waals surface area contributed by atoms with Crippen LogP contribution in [0.1, 0.15) is 16.7 Å². The minimum Gasteiger partial charge on any atom is -0.752 e. The molecule has 0 saturated heterocycles. The van der Waals surface area contributed by atoms with Gasteiger partial charge in [0.1, 0.15) is 5.41 Å². The average Bonchev–Trinajstić information content (AvgIpc) is 2.95. The van der Waals surface area contributed by atoms with Gasteiger partial charge in [0.2, 0.25) is 5.91 Å². The molecular weight excluding hydrogens is 238 g/mol. The predicted octanol–water partition coefficient (Wildman–Crippen LogP) is 2.84. The maximum atomic E-state index is 12.5. The summed E-state index contributed by atoms with van der Waals surface area (Å²) in [6, 6.07) is 14.9. The van der Waals surface area contributed by atoms with E-state index in [1.165, 1.54) is 0 Å². The van der Waals surface area contributed by atoms with Crippen molar-refractivity contribution in [3.8, 4) is 0 Å². The van der Waals surface area contributed by atoms with Gasteiger partial charge < -0.3 is 10.3 Å². The summed E-state index contributed by atoms with van der Waals surface area (Å²) in [7, 11) is 0. The van der Waals surface area contributed by atoms with Gasteiger partial charge in [0.15, 0.2) is 0 Å². The lowest BCUT2D eigenvalue weighted by molar-refractivity contribution is -0.119. The molecule has 3 nitrogen and oxygen atoms in total. The molecule has 2 aromatic carbocycles. The Bertz CT molecular complexity index is 735. The largest absolute Gasteiger partial charge is 0.752 e. The molecule has 1 aliphatic carbocycles. The third-order valence-corrected chi connectivity index (χ3v) is 3.97. The first-order chi connectivity index (χ1) is 9.25. The van der Waals surface area contributed by atoms with Gasteiger partial charge >= 0.3 is 0 Å². The van der Waals surface area contributed by atoms with E-state index in [0.29, 0.717) is 10.8 Å². The molecule has 19 heavy (non-hydrogen) atoms. The fourth-order valence-corrected chi connectivity index (χ4v) is 3.10. The third kappa shape index (κ3) is 1.09. The van der Waals surface area contributed by atoms with Crippen molar-refractivity contribution in [3.63, 3.8) is 0 Å². The molecule has 1 heterocycles.